The second kappa shape index (κ2) is 64.1. The number of phenols is 8. The third-order valence-corrected chi connectivity index (χ3v) is 15.0. The van der Waals surface area contributed by atoms with Gasteiger partial charge in [0.2, 0.25) is 0 Å². The van der Waals surface area contributed by atoms with Gasteiger partial charge >= 0.3 is 29.8 Å². The van der Waals surface area contributed by atoms with E-state index in [4.69, 9.17) is 83.1 Å². The van der Waals surface area contributed by atoms with Gasteiger partial charge in [0.05, 0.1) is 27.8 Å². The van der Waals surface area contributed by atoms with Gasteiger partial charge < -0.3 is 80.3 Å². The van der Waals surface area contributed by atoms with Crippen LogP contribution in [0.15, 0.2) is 106 Å². The number of carboxylic acids is 2. The number of rotatable bonds is 21. The molecule has 0 bridgehead atoms. The number of carboxylic acid groups (broad SMARTS) is 2. The summed E-state index contributed by atoms with van der Waals surface area (Å²) in [4.78, 5) is 68.2. The lowest BCUT2D eigenvalue weighted by Crippen LogP contribution is -2.36. The number of hydrogen-bond acceptors (Lipinski definition) is 21. The topological polar surface area (TPSA) is 376 Å². The minimum absolute atomic E-state index is 0.0242. The third kappa shape index (κ3) is 47.7. The van der Waals surface area contributed by atoms with Crippen LogP contribution in [-0.2, 0) is 30.8 Å². The highest BCUT2D eigenvalue weighted by atomic mass is 35.5. The average molecular weight is 1610 g/mol. The van der Waals surface area contributed by atoms with E-state index in [0.29, 0.717) is 60.9 Å². The summed E-state index contributed by atoms with van der Waals surface area (Å²) in [6.45, 7) is 64.2. The number of carbonyl (C=O) groups excluding carboxylic acids is 4. The molecule has 0 aromatic heterocycles. The number of aldehydes is 1. The van der Waals surface area contributed by atoms with Crippen LogP contribution in [0.1, 0.15) is 232 Å². The summed E-state index contributed by atoms with van der Waals surface area (Å²) in [5.74, 6) is -6.38. The molecule has 614 valence electrons. The van der Waals surface area contributed by atoms with E-state index in [2.05, 4.69) is 91.1 Å². The molecule has 0 unspecified atom stereocenters. The number of aliphatic hydroxyl groups excluding tert-OH is 2. The molecule has 0 spiro atoms. The Labute approximate surface area is 665 Å². The highest BCUT2D eigenvalue weighted by Crippen LogP contribution is 2.37. The SMILES string of the molecule is C=CC[C@@H](C)OC(=O)c1c(C)cc(C)c(C)c1C.C=CC[C@@H](C)OC(=O)c1c(C)cc(O)cc1O.C=CC[C@@H](C)OC(=O)c1c(O)cc(O)c(Cl)c1C.C=CC[C@H](C)O.C=CC[C@H](C)O.CC.CC.CC=O.CCN(C(C)C)C(C)C.CP=S.Cc1c(Cl)c(O)cc(O)c1C(=O)O.Cc1cc(O)cc(O)c1C(=O)O. The molecule has 0 saturated carbocycles. The predicted octanol–water partition coefficient (Wildman–Crippen LogP) is 19.9. The largest absolute Gasteiger partial charge is 0.508 e. The van der Waals surface area contributed by atoms with Gasteiger partial charge in [0.15, 0.2) is 0 Å². The Morgan fingerprint density at radius 1 is 0.440 bits per heavy atom. The summed E-state index contributed by atoms with van der Waals surface area (Å²) in [5.41, 5.74) is 5.88. The third-order valence-electron chi connectivity index (χ3n) is 14.0. The summed E-state index contributed by atoms with van der Waals surface area (Å²) in [7, 11) is 1.00. The summed E-state index contributed by atoms with van der Waals surface area (Å²) in [6, 6.07) is 10.1. The molecule has 22 nitrogen and oxygen atoms in total. The summed E-state index contributed by atoms with van der Waals surface area (Å²) in [6.07, 6.45) is 11.1. The first kappa shape index (κ1) is 114. The average Bonchev–Trinajstić information content (AvgIpc) is 0.825. The highest BCUT2D eigenvalue weighted by molar-refractivity contribution is 7.96. The quantitative estimate of drug-likeness (QED) is 0.0107. The van der Waals surface area contributed by atoms with E-state index in [1.54, 1.807) is 65.0 Å². The molecule has 109 heavy (non-hydrogen) atoms. The fraction of sp³-hybridized carbons (Fsp3) is 0.446. The summed E-state index contributed by atoms with van der Waals surface area (Å²) in [5, 5.41) is 108. The lowest BCUT2D eigenvalue weighted by molar-refractivity contribution is -0.106. The van der Waals surface area contributed by atoms with Crippen LogP contribution in [-0.4, -0.2) is 158 Å². The van der Waals surface area contributed by atoms with E-state index in [9.17, 15) is 44.4 Å². The van der Waals surface area contributed by atoms with Crippen molar-refractivity contribution in [2.24, 2.45) is 0 Å². The number of esters is 3. The maximum Gasteiger partial charge on any atom is 0.342 e. The minimum Gasteiger partial charge on any atom is -0.508 e. The second-order valence-electron chi connectivity index (χ2n) is 23.9. The van der Waals surface area contributed by atoms with E-state index >= 15 is 0 Å². The van der Waals surface area contributed by atoms with Crippen molar-refractivity contribution in [2.75, 3.05) is 13.2 Å². The molecule has 5 rings (SSSR count). The van der Waals surface area contributed by atoms with Gasteiger partial charge in [-0.3, -0.25) is 4.90 Å². The van der Waals surface area contributed by atoms with Crippen LogP contribution >= 0.6 is 30.6 Å². The fourth-order valence-corrected chi connectivity index (χ4v) is 9.37. The smallest absolute Gasteiger partial charge is 0.342 e. The molecule has 0 fully saturated rings. The zero-order chi connectivity index (χ0) is 87.0. The number of nitrogens with zero attached hydrogens (tertiary/aromatic N) is 1. The molecule has 0 heterocycles. The molecule has 26 heteroatoms. The van der Waals surface area contributed by atoms with Crippen molar-refractivity contribution in [1.29, 1.82) is 0 Å². The van der Waals surface area contributed by atoms with E-state index in [0.717, 1.165) is 61.1 Å². The van der Waals surface area contributed by atoms with E-state index in [1.807, 2.05) is 68.1 Å². The van der Waals surface area contributed by atoms with E-state index in [-0.39, 0.29) is 114 Å². The Hall–Kier alpha value is -8.80. The van der Waals surface area contributed by atoms with E-state index in [1.165, 1.54) is 45.4 Å². The lowest BCUT2D eigenvalue weighted by Gasteiger charge is -2.28. The maximum atomic E-state index is 12.2. The van der Waals surface area contributed by atoms with Crippen molar-refractivity contribution in [3.63, 3.8) is 0 Å². The second-order valence-corrected chi connectivity index (χ2v) is 26.1. The number of phenolic OH excluding ortho intramolecular Hbond substituents is 6. The molecule has 5 aromatic carbocycles. The zero-order valence-electron chi connectivity index (χ0n) is 68.4. The van der Waals surface area contributed by atoms with Crippen molar-refractivity contribution >= 4 is 78.5 Å². The number of benzene rings is 5. The first-order valence-corrected chi connectivity index (χ1v) is 38.2. The molecule has 0 saturated heterocycles. The standard InChI is InChI=1S/C16H22O2.C13H15ClO4.C13H16O4.C8H7ClO4.C8H19N.C8H8O4.2C5H10O.C2H4O.2C2H6.CH3PS/c1-7-8-12(4)18-16(17)15-11(3)9-10(2)13(5)14(15)6;1-4-5-7(2)18-13(17)11-8(3)12(14)10(16)6-9(11)15;1-4-5-9(3)17-13(16)12-8(2)6-10(14)7-11(12)15;1-3-6(8(12)13)4(10)2-5(11)7(3)9;1-6-9(7(2)3)8(4)5;1-4-2-5(9)3-6(10)7(4)8(11)12;2*1-3-4-5(2)6;1-2-3;2*1-2;1-2-3/h7,9,12H,1,8H2,2-6H3;4,6-7,15-16H,1,5H2,2-3H3;4,6-7,9,14-15H,1,5H2,2-3H3;2,10-11H,1H3,(H,12,13);7-8H,6H2,1-5H3;2-3,9-10H,1H3,(H,11,12);2*3,5-6H,1,4H2,2H3;2H,1H3;2*1-2H3;1H3/t12-;7-;9-;;;;2*5-;;;;/m111...00..../s1. The Kier molecular flexibility index (Phi) is 66.7. The minimum atomic E-state index is -1.28. The Balaban J connectivity index is -0.000000219. The molecule has 0 amide bonds. The van der Waals surface area contributed by atoms with Gasteiger partial charge in [0.25, 0.3) is 0 Å². The number of ether oxygens (including phenoxy) is 3. The van der Waals surface area contributed by atoms with Crippen molar-refractivity contribution in [2.45, 2.75) is 234 Å². The number of aliphatic hydroxyl groups is 2. The predicted molar refractivity (Wildman–Crippen MR) is 447 cm³/mol. The summed E-state index contributed by atoms with van der Waals surface area (Å²) >= 11 is 15.8. The molecular weight excluding hydrogens is 1480 g/mol. The zero-order valence-corrected chi connectivity index (χ0v) is 71.6. The molecule has 0 radical (unpaired) electrons. The van der Waals surface area contributed by atoms with Gasteiger partial charge in [-0.25, -0.2) is 24.0 Å². The first-order valence-electron chi connectivity index (χ1n) is 35.1. The van der Waals surface area contributed by atoms with Crippen molar-refractivity contribution in [3.05, 3.63) is 188 Å². The Bertz CT molecular complexity index is 3450. The number of aromatic hydroxyl groups is 8. The Morgan fingerprint density at radius 2 is 0.706 bits per heavy atom. The van der Waals surface area contributed by atoms with Crippen LogP contribution in [0, 0.1) is 55.4 Å². The van der Waals surface area contributed by atoms with Gasteiger partial charge in [-0.1, -0.05) is 106 Å². The molecule has 5 aromatic rings. The van der Waals surface area contributed by atoms with Crippen molar-refractivity contribution in [1.82, 2.24) is 4.90 Å². The van der Waals surface area contributed by atoms with Gasteiger partial charge in [-0.05, 0) is 215 Å². The van der Waals surface area contributed by atoms with Crippen molar-refractivity contribution in [3.8, 4) is 46.0 Å². The summed E-state index contributed by atoms with van der Waals surface area (Å²) < 4.78 is 15.7. The molecule has 0 aliphatic carbocycles. The normalized spacial score (nSPS) is 11.0. The van der Waals surface area contributed by atoms with Crippen LogP contribution in [0.3, 0.4) is 0 Å². The van der Waals surface area contributed by atoms with Crippen LogP contribution in [0.4, 0.5) is 0 Å². The van der Waals surface area contributed by atoms with E-state index < -0.39 is 35.4 Å². The number of hydrogen-bond donors (Lipinski definition) is 12. The maximum absolute atomic E-state index is 12.2. The molecule has 0 aliphatic heterocycles. The number of carbonyl (C=O) groups is 6. The van der Waals surface area contributed by atoms with Gasteiger partial charge in [0, 0.05) is 55.6 Å². The van der Waals surface area contributed by atoms with Gasteiger partial charge in [0.1, 0.15) is 92.8 Å². The van der Waals surface area contributed by atoms with Crippen LogP contribution < -0.4 is 0 Å². The number of halogens is 2. The highest BCUT2D eigenvalue weighted by Gasteiger charge is 2.24. The Morgan fingerprint density at radius 3 is 0.963 bits per heavy atom. The lowest BCUT2D eigenvalue weighted by atomic mass is 9.94. The molecule has 12 N–H and O–H groups in total. The molecule has 5 atom stereocenters. The molecular formula is C83H126Cl2NO21PS. The fourth-order valence-electron chi connectivity index (χ4n) is 9.07. The number of aromatic carboxylic acids is 2. The van der Waals surface area contributed by atoms with Crippen LogP contribution in [0.5, 0.6) is 46.0 Å². The van der Waals surface area contributed by atoms with Gasteiger partial charge in [-0.2, -0.15) is 0 Å². The van der Waals surface area contributed by atoms with Crippen molar-refractivity contribution < 1.29 is 104 Å². The monoisotopic (exact) mass is 1610 g/mol. The molecule has 0 aliphatic rings. The van der Waals surface area contributed by atoms with Crippen LogP contribution in [0.2, 0.25) is 10.0 Å². The van der Waals surface area contributed by atoms with Crippen LogP contribution in [0.25, 0.3) is 0 Å². The number of aryl methyl sites for hydroxylation is 4. The van der Waals surface area contributed by atoms with Gasteiger partial charge in [-0.15, -0.1) is 32.9 Å². The first-order chi connectivity index (χ1) is 50.6.